The summed E-state index contributed by atoms with van der Waals surface area (Å²) in [7, 11) is -4.31. The highest BCUT2D eigenvalue weighted by Crippen LogP contribution is 2.29. The number of nitrogens with one attached hydrogen (secondary N) is 1. The first-order valence-electron chi connectivity index (χ1n) is 10.3. The van der Waals surface area contributed by atoms with Gasteiger partial charge in [0.25, 0.3) is 11.6 Å². The number of non-ortho nitro benzene ring substituents is 1. The van der Waals surface area contributed by atoms with Gasteiger partial charge in [-0.3, -0.25) is 14.9 Å². The third-order valence-electron chi connectivity index (χ3n) is 4.88. The van der Waals surface area contributed by atoms with E-state index < -0.39 is 20.9 Å². The molecule has 0 bridgehead atoms. The van der Waals surface area contributed by atoms with Crippen LogP contribution in [0.2, 0.25) is 0 Å². The highest BCUT2D eigenvalue weighted by molar-refractivity contribution is 9.10. The zero-order valence-corrected chi connectivity index (χ0v) is 20.7. The predicted octanol–water partition coefficient (Wildman–Crippen LogP) is 4.68. The molecule has 36 heavy (non-hydrogen) atoms. The van der Waals surface area contributed by atoms with Gasteiger partial charge in [0.2, 0.25) is 0 Å². The minimum atomic E-state index is -4.31. The second kappa shape index (κ2) is 10.5. The number of hydrogen-bond donors (Lipinski definition) is 1. The van der Waals surface area contributed by atoms with E-state index in [0.29, 0.717) is 21.3 Å². The molecule has 0 saturated heterocycles. The Balaban J connectivity index is 1.46. The van der Waals surface area contributed by atoms with Crippen molar-refractivity contribution in [1.82, 2.24) is 9.99 Å². The number of rotatable bonds is 8. The molecule has 1 aromatic heterocycles. The van der Waals surface area contributed by atoms with Crippen molar-refractivity contribution in [2.24, 2.45) is 5.10 Å². The first kappa shape index (κ1) is 24.8. The van der Waals surface area contributed by atoms with Gasteiger partial charge in [0.05, 0.1) is 26.9 Å². The molecule has 0 unspecified atom stereocenters. The zero-order valence-electron chi connectivity index (χ0n) is 18.3. The highest BCUT2D eigenvalue weighted by atomic mass is 79.9. The predicted molar refractivity (Wildman–Crippen MR) is 136 cm³/mol. The van der Waals surface area contributed by atoms with Crippen molar-refractivity contribution in [2.45, 2.75) is 4.90 Å². The normalized spacial score (nSPS) is 11.4. The van der Waals surface area contributed by atoms with Crippen molar-refractivity contribution in [3.05, 3.63) is 117 Å². The molecular formula is C24H17BrN4O6S. The SMILES string of the molecule is O=C(N/N=C\c1ccc(OS(=O)(=O)c2cccc([N+](=O)[O-])c2)c(Br)c1)c1ccccc1-n1cccc1. The number of carbonyl (C=O) groups is 1. The standard InChI is InChI=1S/C24H17BrN4O6S/c25-21-14-17(10-11-23(21)35-36(33,34)19-7-5-6-18(15-19)29(31)32)16-26-27-24(30)20-8-1-2-9-22(20)28-12-3-4-13-28/h1-16H,(H,27,30)/b26-16-. The van der Waals surface area contributed by atoms with Gasteiger partial charge in [0.1, 0.15) is 4.90 Å². The van der Waals surface area contributed by atoms with E-state index in [2.05, 4.69) is 26.5 Å². The van der Waals surface area contributed by atoms with Crippen LogP contribution in [0.4, 0.5) is 5.69 Å². The van der Waals surface area contributed by atoms with Crippen LogP contribution in [0.3, 0.4) is 0 Å². The van der Waals surface area contributed by atoms with Gasteiger partial charge in [0, 0.05) is 24.5 Å². The topological polar surface area (TPSA) is 133 Å². The lowest BCUT2D eigenvalue weighted by atomic mass is 10.1. The summed E-state index contributed by atoms with van der Waals surface area (Å²) in [4.78, 5) is 22.5. The van der Waals surface area contributed by atoms with Gasteiger partial charge in [0.15, 0.2) is 5.75 Å². The van der Waals surface area contributed by atoms with Crippen LogP contribution in [-0.4, -0.2) is 30.0 Å². The van der Waals surface area contributed by atoms with E-state index in [9.17, 15) is 23.3 Å². The largest absolute Gasteiger partial charge is 0.378 e. The Morgan fingerprint density at radius 2 is 1.78 bits per heavy atom. The molecule has 0 radical (unpaired) electrons. The van der Waals surface area contributed by atoms with Crippen molar-refractivity contribution in [1.29, 1.82) is 0 Å². The summed E-state index contributed by atoms with van der Waals surface area (Å²) >= 11 is 3.25. The number of para-hydroxylation sites is 1. The van der Waals surface area contributed by atoms with E-state index >= 15 is 0 Å². The molecule has 4 aromatic rings. The number of hydrogen-bond acceptors (Lipinski definition) is 7. The number of halogens is 1. The van der Waals surface area contributed by atoms with E-state index in [4.69, 9.17) is 4.18 Å². The maximum Gasteiger partial charge on any atom is 0.339 e. The number of nitro groups is 1. The summed E-state index contributed by atoms with van der Waals surface area (Å²) < 4.78 is 32.4. The molecule has 10 nitrogen and oxygen atoms in total. The Labute approximate surface area is 214 Å². The highest BCUT2D eigenvalue weighted by Gasteiger charge is 2.21. The summed E-state index contributed by atoms with van der Waals surface area (Å²) in [6, 6.07) is 19.8. The number of amides is 1. The second-order valence-electron chi connectivity index (χ2n) is 7.29. The summed E-state index contributed by atoms with van der Waals surface area (Å²) in [5.74, 6) is -0.430. The monoisotopic (exact) mass is 568 g/mol. The van der Waals surface area contributed by atoms with Crippen LogP contribution in [0.25, 0.3) is 5.69 Å². The molecule has 12 heteroatoms. The van der Waals surface area contributed by atoms with Gasteiger partial charge >= 0.3 is 10.1 Å². The van der Waals surface area contributed by atoms with Crippen molar-refractivity contribution >= 4 is 43.9 Å². The van der Waals surface area contributed by atoms with Crippen molar-refractivity contribution in [2.75, 3.05) is 0 Å². The summed E-state index contributed by atoms with van der Waals surface area (Å²) in [6.45, 7) is 0. The number of nitrogens with zero attached hydrogens (tertiary/aromatic N) is 3. The second-order valence-corrected chi connectivity index (χ2v) is 9.69. The van der Waals surface area contributed by atoms with E-state index in [0.717, 1.165) is 6.07 Å². The lowest BCUT2D eigenvalue weighted by Gasteiger charge is -2.10. The van der Waals surface area contributed by atoms with Crippen molar-refractivity contribution < 1.29 is 22.3 Å². The van der Waals surface area contributed by atoms with Gasteiger partial charge in [-0.05, 0) is 70.0 Å². The Hall–Kier alpha value is -4.29. The third-order valence-corrected chi connectivity index (χ3v) is 6.73. The molecule has 0 aliphatic rings. The van der Waals surface area contributed by atoms with Gasteiger partial charge in [-0.25, -0.2) is 5.43 Å². The summed E-state index contributed by atoms with van der Waals surface area (Å²) in [5, 5.41) is 14.9. The number of benzene rings is 3. The van der Waals surface area contributed by atoms with Gasteiger partial charge in [-0.1, -0.05) is 18.2 Å². The minimum absolute atomic E-state index is 0.0247. The van der Waals surface area contributed by atoms with Crippen LogP contribution in [0.5, 0.6) is 5.75 Å². The molecule has 0 atom stereocenters. The van der Waals surface area contributed by atoms with E-state index in [1.165, 1.54) is 36.5 Å². The van der Waals surface area contributed by atoms with Gasteiger partial charge in [-0.2, -0.15) is 13.5 Å². The van der Waals surface area contributed by atoms with E-state index in [-0.39, 0.29) is 16.3 Å². The molecule has 0 spiro atoms. The fourth-order valence-electron chi connectivity index (χ4n) is 3.20. The number of nitro benzene ring substituents is 1. The lowest BCUT2D eigenvalue weighted by Crippen LogP contribution is -2.19. The van der Waals surface area contributed by atoms with Crippen LogP contribution in [0, 0.1) is 10.1 Å². The van der Waals surface area contributed by atoms with E-state index in [1.807, 2.05) is 41.2 Å². The van der Waals surface area contributed by atoms with Crippen molar-refractivity contribution in [3.63, 3.8) is 0 Å². The van der Waals surface area contributed by atoms with Crippen LogP contribution < -0.4 is 9.61 Å². The first-order chi connectivity index (χ1) is 17.2. The molecular weight excluding hydrogens is 552 g/mol. The van der Waals surface area contributed by atoms with Gasteiger partial charge < -0.3 is 8.75 Å². The molecule has 3 aromatic carbocycles. The third kappa shape index (κ3) is 5.67. The molecule has 0 saturated carbocycles. The molecule has 0 fully saturated rings. The van der Waals surface area contributed by atoms with E-state index in [1.54, 1.807) is 18.2 Å². The maximum atomic E-state index is 12.7. The Morgan fingerprint density at radius 3 is 2.50 bits per heavy atom. The molecule has 1 heterocycles. The average Bonchev–Trinajstić information content (AvgIpc) is 3.40. The number of aromatic nitrogens is 1. The number of carbonyl (C=O) groups excluding carboxylic acids is 1. The Morgan fingerprint density at radius 1 is 1.03 bits per heavy atom. The molecule has 0 aliphatic carbocycles. The Bertz CT molecular complexity index is 1570. The summed E-state index contributed by atoms with van der Waals surface area (Å²) in [6.07, 6.45) is 5.05. The van der Waals surface area contributed by atoms with Crippen LogP contribution in [-0.2, 0) is 10.1 Å². The maximum absolute atomic E-state index is 12.7. The summed E-state index contributed by atoms with van der Waals surface area (Å²) in [5.41, 5.74) is 3.78. The minimum Gasteiger partial charge on any atom is -0.378 e. The molecule has 4 rings (SSSR count). The quantitative estimate of drug-likeness (QED) is 0.142. The molecule has 182 valence electrons. The molecule has 1 N–H and O–H groups in total. The fourth-order valence-corrected chi connectivity index (χ4v) is 4.77. The number of hydrazone groups is 1. The molecule has 0 aliphatic heterocycles. The smallest absolute Gasteiger partial charge is 0.339 e. The zero-order chi connectivity index (χ0) is 25.7. The van der Waals surface area contributed by atoms with Crippen molar-refractivity contribution in [3.8, 4) is 11.4 Å². The van der Waals surface area contributed by atoms with Crippen LogP contribution >= 0.6 is 15.9 Å². The van der Waals surface area contributed by atoms with Crippen LogP contribution in [0.1, 0.15) is 15.9 Å². The first-order valence-corrected chi connectivity index (χ1v) is 12.5. The average molecular weight is 569 g/mol. The molecule has 1 amide bonds. The van der Waals surface area contributed by atoms with Crippen LogP contribution in [0.15, 0.2) is 106 Å². The Kier molecular flexibility index (Phi) is 7.27. The lowest BCUT2D eigenvalue weighted by molar-refractivity contribution is -0.385. The fraction of sp³-hybridized carbons (Fsp3) is 0. The van der Waals surface area contributed by atoms with Gasteiger partial charge in [-0.15, -0.1) is 0 Å².